The second kappa shape index (κ2) is 7.16. The normalized spacial score (nSPS) is 10.8. The van der Waals surface area contributed by atoms with Crippen LogP contribution in [0.5, 0.6) is 0 Å². The summed E-state index contributed by atoms with van der Waals surface area (Å²) in [5, 5.41) is 3.74. The van der Waals surface area contributed by atoms with Gasteiger partial charge in [-0.3, -0.25) is 4.79 Å². The van der Waals surface area contributed by atoms with E-state index < -0.39 is 5.63 Å². The number of para-hydroxylation sites is 1. The third-order valence-corrected chi connectivity index (χ3v) is 4.84. The summed E-state index contributed by atoms with van der Waals surface area (Å²) in [4.78, 5) is 25.1. The summed E-state index contributed by atoms with van der Waals surface area (Å²) < 4.78 is 5.41. The molecule has 3 aromatic carbocycles. The van der Waals surface area contributed by atoms with Gasteiger partial charge in [-0.05, 0) is 66.9 Å². The molecule has 1 heterocycles. The van der Waals surface area contributed by atoms with Crippen molar-refractivity contribution in [1.82, 2.24) is 0 Å². The van der Waals surface area contributed by atoms with E-state index in [2.05, 4.69) is 5.32 Å². The lowest BCUT2D eigenvalue weighted by Crippen LogP contribution is -2.12. The van der Waals surface area contributed by atoms with Crippen molar-refractivity contribution in [3.05, 3.63) is 99.9 Å². The number of benzene rings is 3. The van der Waals surface area contributed by atoms with Crippen LogP contribution in [0.1, 0.15) is 21.5 Å². The molecule has 4 rings (SSSR count). The number of amides is 1. The van der Waals surface area contributed by atoms with Crippen LogP contribution in [0, 0.1) is 13.8 Å². The standard InChI is InChI=1S/C24H19NO3/c1-15-10-11-20(12-16(15)2)25-23(26)19-8-5-7-17(13-19)21-14-18-6-3-4-9-22(18)28-24(21)27/h3-14H,1-2H3,(H,25,26). The smallest absolute Gasteiger partial charge is 0.344 e. The van der Waals surface area contributed by atoms with E-state index in [0.717, 1.165) is 16.6 Å². The van der Waals surface area contributed by atoms with E-state index in [0.29, 0.717) is 22.3 Å². The molecule has 0 fully saturated rings. The Labute approximate surface area is 162 Å². The largest absolute Gasteiger partial charge is 0.422 e. The Hall–Kier alpha value is -3.66. The van der Waals surface area contributed by atoms with E-state index in [1.165, 1.54) is 5.56 Å². The summed E-state index contributed by atoms with van der Waals surface area (Å²) in [6, 6.07) is 21.9. The molecule has 0 spiro atoms. The second-order valence-electron chi connectivity index (χ2n) is 6.82. The summed E-state index contributed by atoms with van der Waals surface area (Å²) >= 11 is 0. The molecule has 0 aliphatic carbocycles. The average Bonchev–Trinajstić information content (AvgIpc) is 2.70. The first-order valence-corrected chi connectivity index (χ1v) is 9.03. The van der Waals surface area contributed by atoms with Crippen molar-refractivity contribution >= 4 is 22.6 Å². The molecule has 0 atom stereocenters. The maximum Gasteiger partial charge on any atom is 0.344 e. The van der Waals surface area contributed by atoms with E-state index in [9.17, 15) is 9.59 Å². The van der Waals surface area contributed by atoms with Crippen molar-refractivity contribution in [3.63, 3.8) is 0 Å². The predicted octanol–water partition coefficient (Wildman–Crippen LogP) is 5.33. The first-order chi connectivity index (χ1) is 13.5. The van der Waals surface area contributed by atoms with Gasteiger partial charge in [0.2, 0.25) is 0 Å². The molecule has 4 aromatic rings. The topological polar surface area (TPSA) is 59.3 Å². The molecular formula is C24H19NO3. The van der Waals surface area contributed by atoms with Gasteiger partial charge in [-0.1, -0.05) is 36.4 Å². The Balaban J connectivity index is 1.68. The zero-order chi connectivity index (χ0) is 19.7. The van der Waals surface area contributed by atoms with Crippen molar-refractivity contribution in [2.75, 3.05) is 5.32 Å². The van der Waals surface area contributed by atoms with Crippen LogP contribution >= 0.6 is 0 Å². The molecule has 0 saturated heterocycles. The van der Waals surface area contributed by atoms with Gasteiger partial charge in [-0.15, -0.1) is 0 Å². The first kappa shape index (κ1) is 17.7. The highest BCUT2D eigenvalue weighted by Crippen LogP contribution is 2.22. The van der Waals surface area contributed by atoms with Crippen LogP contribution in [-0.4, -0.2) is 5.91 Å². The number of carbonyl (C=O) groups excluding carboxylic acids is 1. The Morgan fingerprint density at radius 2 is 1.68 bits per heavy atom. The zero-order valence-electron chi connectivity index (χ0n) is 15.7. The van der Waals surface area contributed by atoms with Gasteiger partial charge in [-0.2, -0.15) is 0 Å². The monoisotopic (exact) mass is 369 g/mol. The highest BCUT2D eigenvalue weighted by Gasteiger charge is 2.12. The molecule has 1 N–H and O–H groups in total. The second-order valence-corrected chi connectivity index (χ2v) is 6.82. The van der Waals surface area contributed by atoms with Crippen LogP contribution in [0.2, 0.25) is 0 Å². The van der Waals surface area contributed by atoms with E-state index in [-0.39, 0.29) is 5.91 Å². The molecule has 4 nitrogen and oxygen atoms in total. The first-order valence-electron chi connectivity index (χ1n) is 9.03. The van der Waals surface area contributed by atoms with Gasteiger partial charge in [-0.25, -0.2) is 4.79 Å². The molecule has 0 saturated carbocycles. The van der Waals surface area contributed by atoms with E-state index in [1.807, 2.05) is 50.2 Å². The lowest BCUT2D eigenvalue weighted by atomic mass is 10.0. The molecule has 1 amide bonds. The van der Waals surface area contributed by atoms with Gasteiger partial charge >= 0.3 is 5.63 Å². The number of rotatable bonds is 3. The zero-order valence-corrected chi connectivity index (χ0v) is 15.7. The number of hydrogen-bond donors (Lipinski definition) is 1. The molecule has 4 heteroatoms. The summed E-state index contributed by atoms with van der Waals surface area (Å²) in [5.41, 5.74) is 4.69. The minimum atomic E-state index is -0.426. The van der Waals surface area contributed by atoms with Crippen LogP contribution in [0.4, 0.5) is 5.69 Å². The van der Waals surface area contributed by atoms with Crippen molar-refractivity contribution in [1.29, 1.82) is 0 Å². The van der Waals surface area contributed by atoms with Gasteiger partial charge in [0, 0.05) is 16.6 Å². The lowest BCUT2D eigenvalue weighted by Gasteiger charge is -2.09. The third-order valence-electron chi connectivity index (χ3n) is 4.84. The van der Waals surface area contributed by atoms with Crippen molar-refractivity contribution in [2.45, 2.75) is 13.8 Å². The fourth-order valence-electron chi connectivity index (χ4n) is 3.11. The Morgan fingerprint density at radius 3 is 2.50 bits per heavy atom. The van der Waals surface area contributed by atoms with E-state index >= 15 is 0 Å². The van der Waals surface area contributed by atoms with Crippen molar-refractivity contribution in [3.8, 4) is 11.1 Å². The summed E-state index contributed by atoms with van der Waals surface area (Å²) in [5.74, 6) is -0.227. The molecule has 0 unspecified atom stereocenters. The predicted molar refractivity (Wildman–Crippen MR) is 112 cm³/mol. The van der Waals surface area contributed by atoms with Crippen molar-refractivity contribution in [2.24, 2.45) is 0 Å². The average molecular weight is 369 g/mol. The third kappa shape index (κ3) is 3.45. The quantitative estimate of drug-likeness (QED) is 0.497. The SMILES string of the molecule is Cc1ccc(NC(=O)c2cccc(-c3cc4ccccc4oc3=O)c2)cc1C. The molecule has 0 radical (unpaired) electrons. The van der Waals surface area contributed by atoms with E-state index in [1.54, 1.807) is 36.4 Å². The number of carbonyl (C=O) groups is 1. The Kier molecular flexibility index (Phi) is 4.53. The fraction of sp³-hybridized carbons (Fsp3) is 0.0833. The number of hydrogen-bond acceptors (Lipinski definition) is 3. The Morgan fingerprint density at radius 1 is 0.857 bits per heavy atom. The molecule has 138 valence electrons. The molecule has 0 aliphatic rings. The van der Waals surface area contributed by atoms with Crippen LogP contribution < -0.4 is 10.9 Å². The summed E-state index contributed by atoms with van der Waals surface area (Å²) in [6.45, 7) is 4.03. The van der Waals surface area contributed by atoms with Crippen LogP contribution in [0.15, 0.2) is 82.0 Å². The highest BCUT2D eigenvalue weighted by atomic mass is 16.4. The number of anilines is 1. The summed E-state index contributed by atoms with van der Waals surface area (Å²) in [7, 11) is 0. The van der Waals surface area contributed by atoms with Gasteiger partial charge in [0.15, 0.2) is 0 Å². The molecule has 0 bridgehead atoms. The minimum Gasteiger partial charge on any atom is -0.422 e. The van der Waals surface area contributed by atoms with Crippen LogP contribution in [0.3, 0.4) is 0 Å². The maximum absolute atomic E-state index is 12.7. The number of aryl methyl sites for hydroxylation is 2. The van der Waals surface area contributed by atoms with Gasteiger partial charge < -0.3 is 9.73 Å². The molecular weight excluding hydrogens is 350 g/mol. The molecule has 1 aromatic heterocycles. The minimum absolute atomic E-state index is 0.227. The number of fused-ring (bicyclic) bond motifs is 1. The Bertz CT molecular complexity index is 1250. The highest BCUT2D eigenvalue weighted by molar-refractivity contribution is 6.05. The van der Waals surface area contributed by atoms with Gasteiger partial charge in [0.05, 0.1) is 5.56 Å². The fourth-order valence-corrected chi connectivity index (χ4v) is 3.11. The molecule has 0 aliphatic heterocycles. The number of nitrogens with one attached hydrogen (secondary N) is 1. The van der Waals surface area contributed by atoms with E-state index in [4.69, 9.17) is 4.42 Å². The summed E-state index contributed by atoms with van der Waals surface area (Å²) in [6.07, 6.45) is 0. The lowest BCUT2D eigenvalue weighted by molar-refractivity contribution is 0.102. The van der Waals surface area contributed by atoms with Crippen LogP contribution in [-0.2, 0) is 0 Å². The molecule has 28 heavy (non-hydrogen) atoms. The van der Waals surface area contributed by atoms with Crippen LogP contribution in [0.25, 0.3) is 22.1 Å². The van der Waals surface area contributed by atoms with Crippen molar-refractivity contribution < 1.29 is 9.21 Å². The van der Waals surface area contributed by atoms with Gasteiger partial charge in [0.25, 0.3) is 5.91 Å². The maximum atomic E-state index is 12.7. The van der Waals surface area contributed by atoms with Gasteiger partial charge in [0.1, 0.15) is 5.58 Å².